The average Bonchev–Trinajstić information content (AvgIpc) is 3.06. The number of tetrazole rings is 1. The topological polar surface area (TPSA) is 102 Å². The molecule has 0 bridgehead atoms. The maximum atomic E-state index is 11.9. The molecule has 0 aliphatic heterocycles. The van der Waals surface area contributed by atoms with E-state index in [1.807, 2.05) is 26.0 Å². The predicted molar refractivity (Wildman–Crippen MR) is 100 cm³/mol. The lowest BCUT2D eigenvalue weighted by Gasteiger charge is -2.09. The second kappa shape index (κ2) is 9.91. The fourth-order valence-corrected chi connectivity index (χ4v) is 2.90. The molecule has 0 atom stereocenters. The number of rotatable bonds is 8. The van der Waals surface area contributed by atoms with E-state index in [1.54, 1.807) is 4.68 Å². The first-order valence-corrected chi connectivity index (χ1v) is 9.59. The van der Waals surface area contributed by atoms with E-state index in [9.17, 15) is 9.59 Å². The van der Waals surface area contributed by atoms with E-state index in [4.69, 9.17) is 0 Å². The van der Waals surface area contributed by atoms with Crippen LogP contribution < -0.4 is 10.6 Å². The molecule has 2 aromatic rings. The quantitative estimate of drug-likeness (QED) is 0.686. The van der Waals surface area contributed by atoms with Crippen LogP contribution in [0.25, 0.3) is 5.69 Å². The first kappa shape index (κ1) is 19.9. The Bertz CT molecular complexity index is 729. The van der Waals surface area contributed by atoms with Gasteiger partial charge in [0.15, 0.2) is 0 Å². The van der Waals surface area contributed by atoms with Gasteiger partial charge in [-0.25, -0.2) is 4.79 Å². The summed E-state index contributed by atoms with van der Waals surface area (Å²) in [4.78, 5) is 23.4. The Morgan fingerprint density at radius 3 is 2.62 bits per heavy atom. The predicted octanol–water partition coefficient (Wildman–Crippen LogP) is 2.33. The Kier molecular flexibility index (Phi) is 7.58. The lowest BCUT2D eigenvalue weighted by molar-refractivity contribution is -0.117. The summed E-state index contributed by atoms with van der Waals surface area (Å²) in [6.07, 6.45) is 3.37. The number of benzene rings is 1. The van der Waals surface area contributed by atoms with Gasteiger partial charge < -0.3 is 5.32 Å². The minimum atomic E-state index is -0.507. The number of urea groups is 1. The van der Waals surface area contributed by atoms with Gasteiger partial charge in [-0.15, -0.1) is 5.10 Å². The highest BCUT2D eigenvalue weighted by atomic mass is 32.2. The number of aromatic nitrogens is 4. The number of imide groups is 1. The third-order valence-electron chi connectivity index (χ3n) is 3.45. The van der Waals surface area contributed by atoms with Crippen molar-refractivity contribution in [2.75, 3.05) is 5.75 Å². The van der Waals surface area contributed by atoms with Crippen LogP contribution in [0, 0.1) is 0 Å². The summed E-state index contributed by atoms with van der Waals surface area (Å²) in [6.45, 7) is 5.81. The highest BCUT2D eigenvalue weighted by Gasteiger charge is 2.13. The van der Waals surface area contributed by atoms with Crippen molar-refractivity contribution >= 4 is 23.7 Å². The van der Waals surface area contributed by atoms with Crippen LogP contribution in [-0.4, -0.2) is 43.9 Å². The molecule has 0 aliphatic rings. The van der Waals surface area contributed by atoms with Crippen LogP contribution in [0.1, 0.15) is 39.2 Å². The van der Waals surface area contributed by atoms with Crippen molar-refractivity contribution in [1.29, 1.82) is 0 Å². The molecule has 1 aromatic carbocycles. The molecule has 2 N–H and O–H groups in total. The number of carbonyl (C=O) groups is 2. The molecule has 1 heterocycles. The molecular weight excluding hydrogens is 352 g/mol. The van der Waals surface area contributed by atoms with Gasteiger partial charge in [-0.3, -0.25) is 10.1 Å². The third kappa shape index (κ3) is 6.14. The Morgan fingerprint density at radius 2 is 1.96 bits per heavy atom. The van der Waals surface area contributed by atoms with Gasteiger partial charge >= 0.3 is 6.03 Å². The van der Waals surface area contributed by atoms with Gasteiger partial charge in [0.25, 0.3) is 0 Å². The van der Waals surface area contributed by atoms with Gasteiger partial charge in [-0.1, -0.05) is 37.2 Å². The van der Waals surface area contributed by atoms with Crippen molar-refractivity contribution in [3.05, 3.63) is 29.8 Å². The third-order valence-corrected chi connectivity index (χ3v) is 4.37. The van der Waals surface area contributed by atoms with E-state index in [-0.39, 0.29) is 11.8 Å². The van der Waals surface area contributed by atoms with E-state index >= 15 is 0 Å². The van der Waals surface area contributed by atoms with Crippen molar-refractivity contribution in [3.63, 3.8) is 0 Å². The van der Waals surface area contributed by atoms with Crippen LogP contribution in [0.3, 0.4) is 0 Å². The van der Waals surface area contributed by atoms with E-state index in [0.29, 0.717) is 5.16 Å². The van der Waals surface area contributed by atoms with Crippen molar-refractivity contribution in [3.8, 4) is 5.69 Å². The zero-order chi connectivity index (χ0) is 18.9. The van der Waals surface area contributed by atoms with Crippen molar-refractivity contribution in [2.24, 2.45) is 0 Å². The number of hydrogen-bond acceptors (Lipinski definition) is 6. The highest BCUT2D eigenvalue weighted by Crippen LogP contribution is 2.18. The first-order valence-electron chi connectivity index (χ1n) is 8.60. The smallest absolute Gasteiger partial charge is 0.321 e. The van der Waals surface area contributed by atoms with E-state index < -0.39 is 11.9 Å². The monoisotopic (exact) mass is 376 g/mol. The Morgan fingerprint density at radius 1 is 1.23 bits per heavy atom. The fraction of sp³-hybridized carbons (Fsp3) is 0.471. The van der Waals surface area contributed by atoms with Crippen LogP contribution in [-0.2, 0) is 11.2 Å². The molecule has 0 unspecified atom stereocenters. The summed E-state index contributed by atoms with van der Waals surface area (Å²) in [5.74, 6) is -0.363. The maximum Gasteiger partial charge on any atom is 0.321 e. The number of carbonyl (C=O) groups excluding carboxylic acids is 2. The Hall–Kier alpha value is -2.42. The zero-order valence-corrected chi connectivity index (χ0v) is 16.0. The molecule has 0 saturated carbocycles. The Balaban J connectivity index is 1.93. The molecular formula is C17H24N6O2S. The molecule has 0 saturated heterocycles. The molecule has 0 aliphatic carbocycles. The maximum absolute atomic E-state index is 11.9. The minimum absolute atomic E-state index is 0.0388. The fourth-order valence-electron chi connectivity index (χ4n) is 2.21. The lowest BCUT2D eigenvalue weighted by atomic mass is 10.1. The SMILES string of the molecule is CCCCc1ccc(-n2nnnc2SCC(=O)NC(=O)NC(C)C)cc1. The van der Waals surface area contributed by atoms with Crippen LogP contribution >= 0.6 is 11.8 Å². The number of nitrogens with zero attached hydrogens (tertiary/aromatic N) is 4. The summed E-state index contributed by atoms with van der Waals surface area (Å²) in [5, 5.41) is 17.0. The number of aryl methyl sites for hydroxylation is 1. The lowest BCUT2D eigenvalue weighted by Crippen LogP contribution is -2.43. The molecule has 0 spiro atoms. The van der Waals surface area contributed by atoms with Gasteiger partial charge in [-0.2, -0.15) is 4.68 Å². The standard InChI is InChI=1S/C17H24N6O2S/c1-4-5-6-13-7-9-14(10-8-13)23-17(20-21-22-23)26-11-15(24)19-16(25)18-12(2)3/h7-10,12H,4-6,11H2,1-3H3,(H2,18,19,24,25). The van der Waals surface area contributed by atoms with Gasteiger partial charge in [0.2, 0.25) is 11.1 Å². The molecule has 2 rings (SSSR count). The van der Waals surface area contributed by atoms with Crippen molar-refractivity contribution in [1.82, 2.24) is 30.8 Å². The van der Waals surface area contributed by atoms with Crippen molar-refractivity contribution in [2.45, 2.75) is 51.2 Å². The van der Waals surface area contributed by atoms with Crippen LogP contribution in [0.2, 0.25) is 0 Å². The first-order chi connectivity index (χ1) is 12.5. The van der Waals surface area contributed by atoms with Gasteiger partial charge in [0.05, 0.1) is 11.4 Å². The largest absolute Gasteiger partial charge is 0.336 e. The highest BCUT2D eigenvalue weighted by molar-refractivity contribution is 7.99. The van der Waals surface area contributed by atoms with E-state index in [0.717, 1.165) is 24.9 Å². The second-order valence-electron chi connectivity index (χ2n) is 6.11. The van der Waals surface area contributed by atoms with Gasteiger partial charge in [-0.05, 0) is 54.8 Å². The molecule has 0 fully saturated rings. The van der Waals surface area contributed by atoms with E-state index in [2.05, 4.69) is 45.2 Å². The number of hydrogen-bond donors (Lipinski definition) is 2. The molecule has 140 valence electrons. The normalized spacial score (nSPS) is 10.8. The van der Waals surface area contributed by atoms with Crippen LogP contribution in [0.5, 0.6) is 0 Å². The minimum Gasteiger partial charge on any atom is -0.336 e. The second-order valence-corrected chi connectivity index (χ2v) is 7.05. The van der Waals surface area contributed by atoms with Crippen LogP contribution in [0.15, 0.2) is 29.4 Å². The summed E-state index contributed by atoms with van der Waals surface area (Å²) in [5.41, 5.74) is 2.10. The summed E-state index contributed by atoms with van der Waals surface area (Å²) >= 11 is 1.17. The summed E-state index contributed by atoms with van der Waals surface area (Å²) in [7, 11) is 0. The summed E-state index contributed by atoms with van der Waals surface area (Å²) in [6, 6.07) is 7.49. The number of nitrogens with one attached hydrogen (secondary N) is 2. The molecule has 26 heavy (non-hydrogen) atoms. The molecule has 8 nitrogen and oxygen atoms in total. The average molecular weight is 376 g/mol. The van der Waals surface area contributed by atoms with Gasteiger partial charge in [0.1, 0.15) is 0 Å². The number of thioether (sulfide) groups is 1. The van der Waals surface area contributed by atoms with Crippen LogP contribution in [0.4, 0.5) is 4.79 Å². The zero-order valence-electron chi connectivity index (χ0n) is 15.2. The number of amides is 3. The Labute approximate surface area is 157 Å². The molecule has 9 heteroatoms. The van der Waals surface area contributed by atoms with Crippen molar-refractivity contribution < 1.29 is 9.59 Å². The number of unbranched alkanes of at least 4 members (excludes halogenated alkanes) is 1. The summed E-state index contributed by atoms with van der Waals surface area (Å²) < 4.78 is 1.58. The molecule has 0 radical (unpaired) electrons. The van der Waals surface area contributed by atoms with Gasteiger partial charge in [0, 0.05) is 6.04 Å². The van der Waals surface area contributed by atoms with E-state index in [1.165, 1.54) is 17.3 Å². The molecule has 3 amide bonds. The molecule has 1 aromatic heterocycles.